The van der Waals surface area contributed by atoms with Crippen LogP contribution in [0.2, 0.25) is 0 Å². The van der Waals surface area contributed by atoms with Crippen molar-refractivity contribution in [2.24, 2.45) is 10.8 Å². The molecule has 0 aromatic heterocycles. The minimum atomic E-state index is -4.15. The smallest absolute Gasteiger partial charge is 0.379 e. The quantitative estimate of drug-likeness (QED) is 0.559. The SMILES string of the molecule is CC(C)(C)C1(C(F)(F)F)COC1. The van der Waals surface area contributed by atoms with Gasteiger partial charge in [-0.2, -0.15) is 13.2 Å². The molecule has 0 spiro atoms. The molecule has 0 unspecified atom stereocenters. The lowest BCUT2D eigenvalue weighted by atomic mass is 9.64. The second-order valence-electron chi connectivity index (χ2n) is 4.32. The topological polar surface area (TPSA) is 9.23 Å². The van der Waals surface area contributed by atoms with Crippen molar-refractivity contribution in [3.8, 4) is 0 Å². The van der Waals surface area contributed by atoms with E-state index in [4.69, 9.17) is 0 Å². The number of alkyl halides is 3. The molecule has 1 saturated heterocycles. The molecule has 0 aromatic rings. The fourth-order valence-electron chi connectivity index (χ4n) is 1.33. The van der Waals surface area contributed by atoms with Crippen molar-refractivity contribution in [2.75, 3.05) is 13.2 Å². The highest BCUT2D eigenvalue weighted by atomic mass is 19.4. The Balaban J connectivity index is 2.92. The molecule has 0 N–H and O–H groups in total. The van der Waals surface area contributed by atoms with Crippen molar-refractivity contribution in [1.29, 1.82) is 0 Å². The summed E-state index contributed by atoms with van der Waals surface area (Å²) < 4.78 is 42.4. The van der Waals surface area contributed by atoms with Crippen molar-refractivity contribution in [3.05, 3.63) is 0 Å². The van der Waals surface area contributed by atoms with Gasteiger partial charge >= 0.3 is 6.18 Å². The molecular formula is C8H13F3O. The molecule has 1 fully saturated rings. The predicted molar refractivity (Wildman–Crippen MR) is 38.8 cm³/mol. The van der Waals surface area contributed by atoms with Crippen LogP contribution in [0.1, 0.15) is 20.8 Å². The molecule has 0 atom stereocenters. The second-order valence-corrected chi connectivity index (χ2v) is 4.32. The fourth-order valence-corrected chi connectivity index (χ4v) is 1.33. The first-order valence-corrected chi connectivity index (χ1v) is 3.85. The van der Waals surface area contributed by atoms with E-state index in [1.54, 1.807) is 20.8 Å². The largest absolute Gasteiger partial charge is 0.399 e. The number of hydrogen-bond acceptors (Lipinski definition) is 1. The Morgan fingerprint density at radius 1 is 1.08 bits per heavy atom. The maximum atomic E-state index is 12.6. The minimum absolute atomic E-state index is 0.194. The zero-order valence-corrected chi connectivity index (χ0v) is 7.46. The zero-order chi connectivity index (χ0) is 9.62. The molecule has 0 amide bonds. The van der Waals surface area contributed by atoms with Crippen LogP contribution < -0.4 is 0 Å². The van der Waals surface area contributed by atoms with Gasteiger partial charge in [-0.25, -0.2) is 0 Å². The van der Waals surface area contributed by atoms with Crippen LogP contribution >= 0.6 is 0 Å². The third-order valence-corrected chi connectivity index (χ3v) is 2.68. The van der Waals surface area contributed by atoms with Crippen molar-refractivity contribution in [1.82, 2.24) is 0 Å². The normalized spacial score (nSPS) is 23.5. The van der Waals surface area contributed by atoms with E-state index in [2.05, 4.69) is 4.74 Å². The van der Waals surface area contributed by atoms with Crippen molar-refractivity contribution in [2.45, 2.75) is 26.9 Å². The Morgan fingerprint density at radius 2 is 1.50 bits per heavy atom. The second kappa shape index (κ2) is 2.37. The van der Waals surface area contributed by atoms with Crippen LogP contribution in [0.25, 0.3) is 0 Å². The molecule has 0 bridgehead atoms. The van der Waals surface area contributed by atoms with E-state index < -0.39 is 17.0 Å². The van der Waals surface area contributed by atoms with E-state index in [-0.39, 0.29) is 13.2 Å². The molecule has 0 aliphatic carbocycles. The van der Waals surface area contributed by atoms with Gasteiger partial charge in [-0.3, -0.25) is 0 Å². The van der Waals surface area contributed by atoms with Crippen molar-refractivity contribution in [3.63, 3.8) is 0 Å². The number of ether oxygens (including phenoxy) is 1. The summed E-state index contributed by atoms with van der Waals surface area (Å²) in [6, 6.07) is 0. The summed E-state index contributed by atoms with van der Waals surface area (Å²) in [6.45, 7) is 4.41. The molecule has 12 heavy (non-hydrogen) atoms. The van der Waals surface area contributed by atoms with E-state index >= 15 is 0 Å². The summed E-state index contributed by atoms with van der Waals surface area (Å²) in [7, 11) is 0. The minimum Gasteiger partial charge on any atom is -0.379 e. The molecule has 4 heteroatoms. The van der Waals surface area contributed by atoms with E-state index in [0.717, 1.165) is 0 Å². The van der Waals surface area contributed by atoms with Gasteiger partial charge in [0.15, 0.2) is 0 Å². The predicted octanol–water partition coefficient (Wildman–Crippen LogP) is 2.61. The monoisotopic (exact) mass is 182 g/mol. The highest BCUT2D eigenvalue weighted by Crippen LogP contribution is 2.55. The molecule has 1 aliphatic heterocycles. The first kappa shape index (κ1) is 9.84. The summed E-state index contributed by atoms with van der Waals surface area (Å²) in [5.41, 5.74) is -2.40. The fraction of sp³-hybridized carbons (Fsp3) is 1.00. The van der Waals surface area contributed by atoms with Gasteiger partial charge in [-0.05, 0) is 5.41 Å². The van der Waals surface area contributed by atoms with Crippen LogP contribution in [0.5, 0.6) is 0 Å². The molecule has 1 rings (SSSR count). The average molecular weight is 182 g/mol. The Kier molecular flexibility index (Phi) is 1.95. The third kappa shape index (κ3) is 1.13. The van der Waals surface area contributed by atoms with Crippen molar-refractivity contribution >= 4 is 0 Å². The van der Waals surface area contributed by atoms with E-state index in [9.17, 15) is 13.2 Å². The maximum Gasteiger partial charge on any atom is 0.399 e. The van der Waals surface area contributed by atoms with Gasteiger partial charge in [0.05, 0.1) is 13.2 Å². The first-order valence-electron chi connectivity index (χ1n) is 3.85. The van der Waals surface area contributed by atoms with Gasteiger partial charge in [0.1, 0.15) is 5.41 Å². The summed E-state index contributed by atoms with van der Waals surface area (Å²) in [5.74, 6) is 0. The molecule has 0 aromatic carbocycles. The van der Waals surface area contributed by atoms with E-state index in [1.807, 2.05) is 0 Å². The maximum absolute atomic E-state index is 12.6. The molecular weight excluding hydrogens is 169 g/mol. The van der Waals surface area contributed by atoms with Gasteiger partial charge in [0, 0.05) is 0 Å². The summed E-state index contributed by atoms with van der Waals surface area (Å²) in [4.78, 5) is 0. The molecule has 1 nitrogen and oxygen atoms in total. The number of rotatable bonds is 0. The van der Waals surface area contributed by atoms with E-state index in [1.165, 1.54) is 0 Å². The number of hydrogen-bond donors (Lipinski definition) is 0. The Morgan fingerprint density at radius 3 is 1.50 bits per heavy atom. The lowest BCUT2D eigenvalue weighted by Crippen LogP contribution is -2.61. The van der Waals surface area contributed by atoms with Gasteiger partial charge in [-0.15, -0.1) is 0 Å². The van der Waals surface area contributed by atoms with Crippen LogP contribution in [0, 0.1) is 10.8 Å². The van der Waals surface area contributed by atoms with Gasteiger partial charge in [0.2, 0.25) is 0 Å². The molecule has 1 aliphatic rings. The van der Waals surface area contributed by atoms with Crippen LogP contribution in [0.3, 0.4) is 0 Å². The van der Waals surface area contributed by atoms with Gasteiger partial charge < -0.3 is 4.74 Å². The Hall–Kier alpha value is -0.250. The van der Waals surface area contributed by atoms with Gasteiger partial charge in [-0.1, -0.05) is 20.8 Å². The zero-order valence-electron chi connectivity index (χ0n) is 7.46. The van der Waals surface area contributed by atoms with Crippen LogP contribution in [-0.4, -0.2) is 19.4 Å². The lowest BCUT2D eigenvalue weighted by molar-refractivity contribution is -0.337. The Labute approximate surface area is 69.9 Å². The molecule has 1 heterocycles. The Bertz CT molecular complexity index is 158. The molecule has 0 saturated carbocycles. The molecule has 72 valence electrons. The van der Waals surface area contributed by atoms with E-state index in [0.29, 0.717) is 0 Å². The first-order chi connectivity index (χ1) is 5.21. The van der Waals surface area contributed by atoms with Crippen LogP contribution in [0.15, 0.2) is 0 Å². The van der Waals surface area contributed by atoms with Crippen molar-refractivity contribution < 1.29 is 17.9 Å². The molecule has 0 radical (unpaired) electrons. The van der Waals surface area contributed by atoms with Gasteiger partial charge in [0.25, 0.3) is 0 Å². The van der Waals surface area contributed by atoms with Crippen LogP contribution in [0.4, 0.5) is 13.2 Å². The number of halogens is 3. The van der Waals surface area contributed by atoms with Crippen LogP contribution in [-0.2, 0) is 4.74 Å². The lowest BCUT2D eigenvalue weighted by Gasteiger charge is -2.51. The third-order valence-electron chi connectivity index (χ3n) is 2.68. The average Bonchev–Trinajstić information content (AvgIpc) is 1.47. The summed E-state index contributed by atoms with van der Waals surface area (Å²) in [5, 5.41) is 0. The highest BCUT2D eigenvalue weighted by Gasteiger charge is 2.65. The summed E-state index contributed by atoms with van der Waals surface area (Å²) in [6.07, 6.45) is -4.15. The summed E-state index contributed by atoms with van der Waals surface area (Å²) >= 11 is 0. The highest BCUT2D eigenvalue weighted by molar-refractivity contribution is 5.00. The standard InChI is InChI=1S/C8H13F3O/c1-6(2,3)7(4-12-5-7)8(9,10)11/h4-5H2,1-3H3.